The summed E-state index contributed by atoms with van der Waals surface area (Å²) in [7, 11) is 0. The monoisotopic (exact) mass is 275 g/mol. The summed E-state index contributed by atoms with van der Waals surface area (Å²) in [5, 5.41) is 15.1. The normalized spacial score (nSPS) is 14.2. The molecule has 2 aromatic rings. The fourth-order valence-electron chi connectivity index (χ4n) is 1.74. The van der Waals surface area contributed by atoms with Gasteiger partial charge in [0.2, 0.25) is 5.95 Å². The van der Waals surface area contributed by atoms with Crippen molar-refractivity contribution in [2.45, 2.75) is 25.8 Å². The first-order valence-corrected chi connectivity index (χ1v) is 6.58. The molecule has 1 fully saturated rings. The number of rotatable bonds is 4. The van der Waals surface area contributed by atoms with E-state index in [1.165, 1.54) is 12.8 Å². The molecule has 0 bridgehead atoms. The number of halogens is 1. The van der Waals surface area contributed by atoms with Crippen molar-refractivity contribution in [3.63, 3.8) is 0 Å². The van der Waals surface area contributed by atoms with E-state index >= 15 is 0 Å². The molecule has 19 heavy (non-hydrogen) atoms. The van der Waals surface area contributed by atoms with Gasteiger partial charge >= 0.3 is 0 Å². The van der Waals surface area contributed by atoms with Gasteiger partial charge in [0.05, 0.1) is 6.20 Å². The minimum absolute atomic E-state index is 0.509. The van der Waals surface area contributed by atoms with Gasteiger partial charge in [0.1, 0.15) is 0 Å². The summed E-state index contributed by atoms with van der Waals surface area (Å²) in [6.45, 7) is 1.99. The third-order valence-corrected chi connectivity index (χ3v) is 3.16. The number of hydrogen-bond acceptors (Lipinski definition) is 5. The van der Waals surface area contributed by atoms with E-state index in [1.54, 1.807) is 6.20 Å². The highest BCUT2D eigenvalue weighted by Crippen LogP contribution is 2.24. The van der Waals surface area contributed by atoms with Crippen LogP contribution in [-0.4, -0.2) is 21.2 Å². The van der Waals surface area contributed by atoms with Crippen LogP contribution in [0.15, 0.2) is 24.4 Å². The maximum absolute atomic E-state index is 5.93. The number of nitrogens with zero attached hydrogens (tertiary/aromatic N) is 3. The Bertz CT molecular complexity index is 597. The van der Waals surface area contributed by atoms with Gasteiger partial charge in [-0.25, -0.2) is 0 Å². The molecular formula is C13H14ClN5. The summed E-state index contributed by atoms with van der Waals surface area (Å²) in [6.07, 6.45) is 3.96. The minimum atomic E-state index is 0.509. The molecule has 0 aliphatic heterocycles. The first kappa shape index (κ1) is 12.2. The molecule has 5 nitrogen and oxygen atoms in total. The van der Waals surface area contributed by atoms with Gasteiger partial charge in [0.25, 0.3) is 0 Å². The second kappa shape index (κ2) is 5.01. The quantitative estimate of drug-likeness (QED) is 0.897. The van der Waals surface area contributed by atoms with E-state index in [4.69, 9.17) is 11.6 Å². The van der Waals surface area contributed by atoms with E-state index in [0.717, 1.165) is 16.3 Å². The number of benzene rings is 1. The van der Waals surface area contributed by atoms with Crippen LogP contribution in [0.3, 0.4) is 0 Å². The summed E-state index contributed by atoms with van der Waals surface area (Å²) >= 11 is 5.93. The molecule has 0 spiro atoms. The Balaban J connectivity index is 1.78. The lowest BCUT2D eigenvalue weighted by Crippen LogP contribution is -2.08. The first-order valence-electron chi connectivity index (χ1n) is 6.20. The number of nitrogens with one attached hydrogen (secondary N) is 2. The highest BCUT2D eigenvalue weighted by Gasteiger charge is 2.22. The van der Waals surface area contributed by atoms with E-state index in [2.05, 4.69) is 25.8 Å². The molecule has 98 valence electrons. The minimum Gasteiger partial charge on any atom is -0.350 e. The van der Waals surface area contributed by atoms with Crippen LogP contribution < -0.4 is 10.6 Å². The van der Waals surface area contributed by atoms with Gasteiger partial charge in [0.15, 0.2) is 5.82 Å². The van der Waals surface area contributed by atoms with Crippen molar-refractivity contribution in [1.29, 1.82) is 0 Å². The number of hydrogen-bond donors (Lipinski definition) is 2. The summed E-state index contributed by atoms with van der Waals surface area (Å²) < 4.78 is 0. The molecule has 1 aliphatic carbocycles. The summed E-state index contributed by atoms with van der Waals surface area (Å²) in [5.41, 5.74) is 2.02. The van der Waals surface area contributed by atoms with E-state index < -0.39 is 0 Å². The zero-order valence-electron chi connectivity index (χ0n) is 10.5. The van der Waals surface area contributed by atoms with Crippen molar-refractivity contribution in [3.8, 4) is 0 Å². The van der Waals surface area contributed by atoms with Gasteiger partial charge in [-0.2, -0.15) is 10.1 Å². The first-order chi connectivity index (χ1) is 9.20. The van der Waals surface area contributed by atoms with Crippen molar-refractivity contribution in [3.05, 3.63) is 35.0 Å². The summed E-state index contributed by atoms with van der Waals surface area (Å²) in [5.74, 6) is 1.24. The van der Waals surface area contributed by atoms with E-state index in [-0.39, 0.29) is 0 Å². The lowest BCUT2D eigenvalue weighted by molar-refractivity contribution is 0.947. The molecule has 0 amide bonds. The van der Waals surface area contributed by atoms with Crippen molar-refractivity contribution < 1.29 is 0 Å². The van der Waals surface area contributed by atoms with E-state index in [1.807, 2.05) is 25.1 Å². The SMILES string of the molecule is Cc1cc(Cl)ccc1Nc1cnnc(NC2CC2)n1. The Morgan fingerprint density at radius 1 is 1.32 bits per heavy atom. The molecular weight excluding hydrogens is 262 g/mol. The predicted molar refractivity (Wildman–Crippen MR) is 75.9 cm³/mol. The zero-order valence-corrected chi connectivity index (χ0v) is 11.3. The molecule has 0 saturated heterocycles. The van der Waals surface area contributed by atoms with Crippen molar-refractivity contribution >= 4 is 29.1 Å². The molecule has 1 heterocycles. The smallest absolute Gasteiger partial charge is 0.244 e. The zero-order chi connectivity index (χ0) is 13.2. The van der Waals surface area contributed by atoms with E-state index in [9.17, 15) is 0 Å². The average molecular weight is 276 g/mol. The highest BCUT2D eigenvalue weighted by molar-refractivity contribution is 6.30. The lowest BCUT2D eigenvalue weighted by Gasteiger charge is -2.09. The Kier molecular flexibility index (Phi) is 3.21. The van der Waals surface area contributed by atoms with Gasteiger partial charge in [-0.05, 0) is 43.5 Å². The van der Waals surface area contributed by atoms with Crippen LogP contribution in [0.1, 0.15) is 18.4 Å². The van der Waals surface area contributed by atoms with Crippen LogP contribution in [0, 0.1) is 6.92 Å². The Hall–Kier alpha value is -1.88. The van der Waals surface area contributed by atoms with Crippen molar-refractivity contribution in [2.75, 3.05) is 10.6 Å². The summed E-state index contributed by atoms with van der Waals surface area (Å²) in [4.78, 5) is 4.38. The Morgan fingerprint density at radius 3 is 2.89 bits per heavy atom. The molecule has 1 aromatic heterocycles. The van der Waals surface area contributed by atoms with E-state index in [0.29, 0.717) is 17.8 Å². The van der Waals surface area contributed by atoms with Gasteiger partial charge in [-0.15, -0.1) is 5.10 Å². The van der Waals surface area contributed by atoms with Crippen molar-refractivity contribution in [2.24, 2.45) is 0 Å². The van der Waals surface area contributed by atoms with Crippen LogP contribution >= 0.6 is 11.6 Å². The van der Waals surface area contributed by atoms with Crippen LogP contribution in [-0.2, 0) is 0 Å². The van der Waals surface area contributed by atoms with Crippen LogP contribution in [0.4, 0.5) is 17.5 Å². The molecule has 1 aliphatic rings. The Labute approximate surface area is 116 Å². The maximum Gasteiger partial charge on any atom is 0.244 e. The van der Waals surface area contributed by atoms with Gasteiger partial charge in [-0.3, -0.25) is 0 Å². The third-order valence-electron chi connectivity index (χ3n) is 2.92. The maximum atomic E-state index is 5.93. The molecule has 3 rings (SSSR count). The average Bonchev–Trinajstić information content (AvgIpc) is 3.17. The lowest BCUT2D eigenvalue weighted by atomic mass is 10.2. The van der Waals surface area contributed by atoms with Crippen molar-refractivity contribution in [1.82, 2.24) is 15.2 Å². The molecule has 1 saturated carbocycles. The molecule has 0 unspecified atom stereocenters. The largest absolute Gasteiger partial charge is 0.350 e. The Morgan fingerprint density at radius 2 is 2.16 bits per heavy atom. The van der Waals surface area contributed by atoms with Gasteiger partial charge < -0.3 is 10.6 Å². The molecule has 1 aromatic carbocycles. The number of anilines is 3. The second-order valence-corrected chi connectivity index (χ2v) is 5.10. The molecule has 0 radical (unpaired) electrons. The highest BCUT2D eigenvalue weighted by atomic mass is 35.5. The molecule has 2 N–H and O–H groups in total. The fourth-order valence-corrected chi connectivity index (χ4v) is 1.97. The molecule has 0 atom stereocenters. The fraction of sp³-hybridized carbons (Fsp3) is 0.308. The predicted octanol–water partition coefficient (Wildman–Crippen LogP) is 3.15. The number of aryl methyl sites for hydroxylation is 1. The van der Waals surface area contributed by atoms with Crippen LogP contribution in [0.5, 0.6) is 0 Å². The second-order valence-electron chi connectivity index (χ2n) is 4.67. The van der Waals surface area contributed by atoms with Gasteiger partial charge in [0, 0.05) is 16.8 Å². The number of aromatic nitrogens is 3. The molecule has 6 heteroatoms. The van der Waals surface area contributed by atoms with Crippen LogP contribution in [0.25, 0.3) is 0 Å². The topological polar surface area (TPSA) is 62.7 Å². The standard InChI is InChI=1S/C13H14ClN5/c1-8-6-9(14)2-5-11(8)17-12-7-15-19-13(18-12)16-10-3-4-10/h2,5-7,10H,3-4H2,1H3,(H2,16,17,18,19). The third kappa shape index (κ3) is 3.12. The van der Waals surface area contributed by atoms with Crippen LogP contribution in [0.2, 0.25) is 5.02 Å². The summed E-state index contributed by atoms with van der Waals surface area (Å²) in [6, 6.07) is 6.18. The van der Waals surface area contributed by atoms with Gasteiger partial charge in [-0.1, -0.05) is 11.6 Å².